The Morgan fingerprint density at radius 3 is 2.56 bits per heavy atom. The second-order valence-electron chi connectivity index (χ2n) is 5.77. The minimum atomic E-state index is -0.556. The lowest BCUT2D eigenvalue weighted by atomic mass is 10.1. The van der Waals surface area contributed by atoms with E-state index in [1.807, 2.05) is 0 Å². The summed E-state index contributed by atoms with van der Waals surface area (Å²) in [5.74, 6) is 0.0871. The molecule has 7 heteroatoms. The number of benzene rings is 2. The fraction of sp³-hybridized carbons (Fsp3) is 0.200. The molecule has 27 heavy (non-hydrogen) atoms. The van der Waals surface area contributed by atoms with Gasteiger partial charge in [-0.15, -0.1) is 0 Å². The molecule has 1 N–H and O–H groups in total. The van der Waals surface area contributed by atoms with Gasteiger partial charge in [0.15, 0.2) is 23.9 Å². The van der Waals surface area contributed by atoms with E-state index in [0.717, 1.165) is 0 Å². The van der Waals surface area contributed by atoms with Crippen molar-refractivity contribution >= 4 is 22.7 Å². The molecule has 0 aliphatic heterocycles. The van der Waals surface area contributed by atoms with Crippen LogP contribution in [0.2, 0.25) is 0 Å². The van der Waals surface area contributed by atoms with Gasteiger partial charge in [0, 0.05) is 22.6 Å². The molecule has 0 saturated heterocycles. The van der Waals surface area contributed by atoms with E-state index in [2.05, 4.69) is 0 Å². The molecule has 1 heterocycles. The molecule has 140 valence electrons. The molecule has 0 fully saturated rings. The first kappa shape index (κ1) is 18.3. The average Bonchev–Trinajstić information content (AvgIpc) is 3.07. The average molecular weight is 370 g/mol. The number of carbonyl (C=O) groups is 2. The lowest BCUT2D eigenvalue weighted by Crippen LogP contribution is -2.15. The summed E-state index contributed by atoms with van der Waals surface area (Å²) in [6.45, 7) is -0.384. The van der Waals surface area contributed by atoms with Gasteiger partial charge in [-0.2, -0.15) is 0 Å². The van der Waals surface area contributed by atoms with Crippen molar-refractivity contribution in [1.82, 2.24) is 0 Å². The van der Waals surface area contributed by atoms with Crippen LogP contribution in [0.1, 0.15) is 15.9 Å². The van der Waals surface area contributed by atoms with Crippen LogP contribution in [0, 0.1) is 0 Å². The Morgan fingerprint density at radius 2 is 1.81 bits per heavy atom. The Hall–Kier alpha value is -3.48. The second kappa shape index (κ2) is 7.82. The third kappa shape index (κ3) is 4.03. The highest BCUT2D eigenvalue weighted by Crippen LogP contribution is 2.28. The molecule has 0 aliphatic carbocycles. The molecule has 0 aliphatic rings. The number of ether oxygens (including phenoxy) is 3. The Kier molecular flexibility index (Phi) is 5.30. The monoisotopic (exact) mass is 370 g/mol. The first-order valence-electron chi connectivity index (χ1n) is 8.11. The number of aromatic hydroxyl groups is 1. The number of furan rings is 1. The van der Waals surface area contributed by atoms with Crippen LogP contribution in [-0.2, 0) is 16.0 Å². The molecule has 0 atom stereocenters. The minimum Gasteiger partial charge on any atom is -0.508 e. The first-order valence-corrected chi connectivity index (χ1v) is 8.11. The maximum atomic E-state index is 12.2. The zero-order valence-electron chi connectivity index (χ0n) is 14.9. The number of fused-ring (bicyclic) bond motifs is 1. The third-order valence-electron chi connectivity index (χ3n) is 4.04. The summed E-state index contributed by atoms with van der Waals surface area (Å²) in [7, 11) is 2.98. The van der Waals surface area contributed by atoms with Crippen LogP contribution < -0.4 is 9.47 Å². The van der Waals surface area contributed by atoms with Gasteiger partial charge in [-0.25, -0.2) is 0 Å². The maximum absolute atomic E-state index is 12.2. The Bertz CT molecular complexity index is 987. The number of Topliss-reactive ketones (excluding diaryl/α,β-unsaturated/α-hetero) is 1. The number of ketones is 1. The van der Waals surface area contributed by atoms with E-state index in [4.69, 9.17) is 18.6 Å². The summed E-state index contributed by atoms with van der Waals surface area (Å²) in [5, 5.41) is 10.1. The van der Waals surface area contributed by atoms with E-state index in [0.29, 0.717) is 33.6 Å². The van der Waals surface area contributed by atoms with Crippen LogP contribution in [-0.4, -0.2) is 37.7 Å². The third-order valence-corrected chi connectivity index (χ3v) is 4.04. The van der Waals surface area contributed by atoms with E-state index in [9.17, 15) is 14.7 Å². The van der Waals surface area contributed by atoms with E-state index in [-0.39, 0.29) is 24.6 Å². The molecule has 0 bridgehead atoms. The summed E-state index contributed by atoms with van der Waals surface area (Å²) >= 11 is 0. The van der Waals surface area contributed by atoms with Crippen molar-refractivity contribution < 1.29 is 33.3 Å². The van der Waals surface area contributed by atoms with E-state index in [1.54, 1.807) is 18.2 Å². The number of rotatable bonds is 7. The van der Waals surface area contributed by atoms with Gasteiger partial charge >= 0.3 is 5.97 Å². The summed E-state index contributed by atoms with van der Waals surface area (Å²) in [6, 6.07) is 9.35. The zero-order valence-corrected chi connectivity index (χ0v) is 14.9. The normalized spacial score (nSPS) is 10.6. The van der Waals surface area contributed by atoms with Crippen molar-refractivity contribution in [3.05, 3.63) is 53.8 Å². The van der Waals surface area contributed by atoms with Crippen LogP contribution in [0.25, 0.3) is 11.0 Å². The predicted octanol–water partition coefficient (Wildman–Crippen LogP) is 3.12. The maximum Gasteiger partial charge on any atom is 0.310 e. The molecular formula is C20H18O7. The number of phenols is 1. The Balaban J connectivity index is 1.62. The Labute approximate surface area is 155 Å². The number of hydrogen-bond acceptors (Lipinski definition) is 7. The van der Waals surface area contributed by atoms with Crippen molar-refractivity contribution in [3.63, 3.8) is 0 Å². The molecule has 0 amide bonds. The van der Waals surface area contributed by atoms with E-state index >= 15 is 0 Å². The van der Waals surface area contributed by atoms with E-state index in [1.165, 1.54) is 38.7 Å². The lowest BCUT2D eigenvalue weighted by Gasteiger charge is -2.09. The van der Waals surface area contributed by atoms with Gasteiger partial charge in [-0.3, -0.25) is 9.59 Å². The van der Waals surface area contributed by atoms with Gasteiger partial charge in [0.2, 0.25) is 0 Å². The highest BCUT2D eigenvalue weighted by atomic mass is 16.5. The van der Waals surface area contributed by atoms with Crippen LogP contribution in [0.3, 0.4) is 0 Å². The lowest BCUT2D eigenvalue weighted by molar-refractivity contribution is -0.141. The molecule has 3 aromatic rings. The molecule has 7 nitrogen and oxygen atoms in total. The summed E-state index contributed by atoms with van der Waals surface area (Å²) in [5.41, 5.74) is 1.44. The summed E-state index contributed by atoms with van der Waals surface area (Å²) < 4.78 is 20.7. The van der Waals surface area contributed by atoms with Crippen LogP contribution >= 0.6 is 0 Å². The van der Waals surface area contributed by atoms with Gasteiger partial charge in [0.05, 0.1) is 26.9 Å². The van der Waals surface area contributed by atoms with Gasteiger partial charge < -0.3 is 23.7 Å². The zero-order chi connectivity index (χ0) is 19.4. The fourth-order valence-electron chi connectivity index (χ4n) is 2.65. The number of esters is 1. The first-order chi connectivity index (χ1) is 13.0. The SMILES string of the molecule is COc1ccc(C(=O)COC(=O)Cc2coc3cc(O)ccc23)cc1OC. The van der Waals surface area contributed by atoms with Crippen molar-refractivity contribution in [2.75, 3.05) is 20.8 Å². The van der Waals surface area contributed by atoms with Crippen molar-refractivity contribution in [2.45, 2.75) is 6.42 Å². The van der Waals surface area contributed by atoms with Crippen molar-refractivity contribution in [1.29, 1.82) is 0 Å². The van der Waals surface area contributed by atoms with Crippen molar-refractivity contribution in [3.8, 4) is 17.2 Å². The smallest absolute Gasteiger partial charge is 0.310 e. The number of methoxy groups -OCH3 is 2. The quantitative estimate of drug-likeness (QED) is 0.504. The van der Waals surface area contributed by atoms with Crippen molar-refractivity contribution in [2.24, 2.45) is 0 Å². The van der Waals surface area contributed by atoms with Gasteiger partial charge in [0.1, 0.15) is 11.3 Å². The standard InChI is InChI=1S/C20H18O7/c1-24-17-6-3-12(7-19(17)25-2)16(22)11-27-20(23)8-13-10-26-18-9-14(21)4-5-15(13)18/h3-7,9-10,21H,8,11H2,1-2H3. The summed E-state index contributed by atoms with van der Waals surface area (Å²) in [4.78, 5) is 24.3. The highest BCUT2D eigenvalue weighted by Gasteiger charge is 2.15. The minimum absolute atomic E-state index is 0.0447. The number of carbonyl (C=O) groups excluding carboxylic acids is 2. The molecule has 0 saturated carbocycles. The second-order valence-corrected chi connectivity index (χ2v) is 5.77. The predicted molar refractivity (Wildman–Crippen MR) is 96.4 cm³/mol. The van der Waals surface area contributed by atoms with Gasteiger partial charge in [0.25, 0.3) is 0 Å². The molecule has 0 spiro atoms. The largest absolute Gasteiger partial charge is 0.508 e. The number of hydrogen-bond donors (Lipinski definition) is 1. The van der Waals surface area contributed by atoms with Gasteiger partial charge in [-0.05, 0) is 30.3 Å². The molecule has 3 rings (SSSR count). The molecule has 1 aromatic heterocycles. The fourth-order valence-corrected chi connectivity index (χ4v) is 2.65. The van der Waals surface area contributed by atoms with Crippen LogP contribution in [0.15, 0.2) is 47.1 Å². The molecule has 0 radical (unpaired) electrons. The summed E-state index contributed by atoms with van der Waals surface area (Å²) in [6.07, 6.45) is 1.39. The molecule has 0 unspecified atom stereocenters. The van der Waals surface area contributed by atoms with E-state index < -0.39 is 5.97 Å². The highest BCUT2D eigenvalue weighted by molar-refractivity contribution is 5.98. The molecule has 2 aromatic carbocycles. The molecular weight excluding hydrogens is 352 g/mol. The van der Waals surface area contributed by atoms with Crippen LogP contribution in [0.4, 0.5) is 0 Å². The van der Waals surface area contributed by atoms with Gasteiger partial charge in [-0.1, -0.05) is 0 Å². The van der Waals surface area contributed by atoms with Crippen LogP contribution in [0.5, 0.6) is 17.2 Å². The Morgan fingerprint density at radius 1 is 1.04 bits per heavy atom. The number of phenolic OH excluding ortho intramolecular Hbond substituents is 1. The topological polar surface area (TPSA) is 95.2 Å².